The molecule has 0 amide bonds. The van der Waals surface area contributed by atoms with Gasteiger partial charge in [0.05, 0.1) is 33.4 Å². The number of aromatic nitrogens is 2. The molecule has 9 aromatic carbocycles. The number of aryl methyl sites for hydroxylation is 4. The van der Waals surface area contributed by atoms with Gasteiger partial charge in [-0.05, 0) is 83.9 Å². The van der Waals surface area contributed by atoms with Gasteiger partial charge in [-0.1, -0.05) is 115 Å². The third kappa shape index (κ3) is 4.67. The van der Waals surface area contributed by atoms with Crippen LogP contribution in [-0.4, -0.2) is 22.6 Å². The van der Waals surface area contributed by atoms with Crippen molar-refractivity contribution >= 4 is 89.8 Å². The van der Waals surface area contributed by atoms with Crippen molar-refractivity contribution in [1.29, 1.82) is 0 Å². The van der Waals surface area contributed by atoms with Crippen LogP contribution in [0.5, 0.6) is 46.0 Å². The van der Waals surface area contributed by atoms with E-state index in [-0.39, 0.29) is 13.4 Å². The molecule has 0 atom stereocenters. The predicted molar refractivity (Wildman–Crippen MR) is 269 cm³/mol. The molecule has 0 spiro atoms. The Morgan fingerprint density at radius 2 is 0.636 bits per heavy atom. The van der Waals surface area contributed by atoms with Gasteiger partial charge in [0, 0.05) is 62.8 Å². The highest BCUT2D eigenvalue weighted by atomic mass is 16.5. The van der Waals surface area contributed by atoms with E-state index in [4.69, 9.17) is 18.9 Å². The number of para-hydroxylation sites is 6. The van der Waals surface area contributed by atoms with Gasteiger partial charge < -0.3 is 28.1 Å². The van der Waals surface area contributed by atoms with E-state index in [1.807, 2.05) is 0 Å². The van der Waals surface area contributed by atoms with Gasteiger partial charge in [0.25, 0.3) is 13.4 Å². The second-order valence-electron chi connectivity index (χ2n) is 18.5. The summed E-state index contributed by atoms with van der Waals surface area (Å²) in [6.07, 6.45) is 0. The van der Waals surface area contributed by atoms with E-state index in [1.165, 1.54) is 65.9 Å². The van der Waals surface area contributed by atoms with Gasteiger partial charge in [-0.3, -0.25) is 0 Å². The van der Waals surface area contributed by atoms with Gasteiger partial charge >= 0.3 is 0 Å². The summed E-state index contributed by atoms with van der Waals surface area (Å²) >= 11 is 0. The molecule has 0 saturated heterocycles. The highest BCUT2D eigenvalue weighted by molar-refractivity contribution is 7.01. The van der Waals surface area contributed by atoms with E-state index in [0.717, 1.165) is 90.1 Å². The smallest absolute Gasteiger partial charge is 0.260 e. The molecule has 310 valence electrons. The van der Waals surface area contributed by atoms with Crippen molar-refractivity contribution in [2.75, 3.05) is 0 Å². The van der Waals surface area contributed by atoms with Crippen LogP contribution < -0.4 is 51.7 Å². The molecule has 4 aliphatic heterocycles. The topological polar surface area (TPSA) is 46.8 Å². The van der Waals surface area contributed by atoms with Gasteiger partial charge in [-0.15, -0.1) is 0 Å². The zero-order chi connectivity index (χ0) is 43.7. The SMILES string of the molecule is Cc1cccc2c3cccc(C)c3n(-c3cc4c5c(c3)Oc3cc6c(cc3B5c3ccccc3O4)B3c4ccccc4Oc4cc(-n5c7c(C)cccc7c7cccc(C)c75)cc(c43)O6)c12. The van der Waals surface area contributed by atoms with Crippen LogP contribution in [0, 0.1) is 27.7 Å². The summed E-state index contributed by atoms with van der Waals surface area (Å²) < 4.78 is 33.0. The van der Waals surface area contributed by atoms with E-state index in [1.54, 1.807) is 0 Å². The van der Waals surface area contributed by atoms with Crippen molar-refractivity contribution in [2.24, 2.45) is 0 Å². The monoisotopic (exact) mass is 848 g/mol. The first-order valence-electron chi connectivity index (χ1n) is 22.8. The summed E-state index contributed by atoms with van der Waals surface area (Å²) in [5.41, 5.74) is 18.0. The summed E-state index contributed by atoms with van der Waals surface area (Å²) in [6, 6.07) is 56.5. The number of fused-ring (bicyclic) bond motifs is 14. The minimum absolute atomic E-state index is 0.134. The molecule has 6 nitrogen and oxygen atoms in total. The maximum atomic E-state index is 7.20. The molecule has 6 heterocycles. The average molecular weight is 849 g/mol. The van der Waals surface area contributed by atoms with Gasteiger partial charge in [-0.25, -0.2) is 0 Å². The lowest BCUT2D eigenvalue weighted by Gasteiger charge is -2.37. The van der Waals surface area contributed by atoms with Crippen LogP contribution >= 0.6 is 0 Å². The van der Waals surface area contributed by atoms with E-state index in [0.29, 0.717) is 0 Å². The van der Waals surface area contributed by atoms with Crippen molar-refractivity contribution < 1.29 is 18.9 Å². The van der Waals surface area contributed by atoms with E-state index in [2.05, 4.69) is 195 Å². The van der Waals surface area contributed by atoms with Crippen LogP contribution in [-0.2, 0) is 0 Å². The molecule has 0 bridgehead atoms. The predicted octanol–water partition coefficient (Wildman–Crippen LogP) is 10.6. The summed E-state index contributed by atoms with van der Waals surface area (Å²) in [5.74, 6) is 6.40. The largest absolute Gasteiger partial charge is 0.458 e. The molecule has 15 rings (SSSR count). The fourth-order valence-electron chi connectivity index (χ4n) is 12.1. The highest BCUT2D eigenvalue weighted by Gasteiger charge is 2.45. The number of nitrogens with zero attached hydrogens (tertiary/aromatic N) is 2. The number of rotatable bonds is 2. The quantitative estimate of drug-likeness (QED) is 0.163. The summed E-state index contributed by atoms with van der Waals surface area (Å²) in [6.45, 7) is 8.51. The number of hydrogen-bond acceptors (Lipinski definition) is 4. The first kappa shape index (κ1) is 36.3. The minimum atomic E-state index is -0.134. The molecule has 0 saturated carbocycles. The maximum Gasteiger partial charge on any atom is 0.260 e. The maximum absolute atomic E-state index is 7.20. The van der Waals surface area contributed by atoms with Gasteiger partial charge in [0.2, 0.25) is 0 Å². The Kier molecular flexibility index (Phi) is 7.03. The minimum Gasteiger partial charge on any atom is -0.458 e. The van der Waals surface area contributed by atoms with Gasteiger partial charge in [-0.2, -0.15) is 0 Å². The zero-order valence-electron chi connectivity index (χ0n) is 36.7. The molecule has 66 heavy (non-hydrogen) atoms. The van der Waals surface area contributed by atoms with Crippen molar-refractivity contribution in [3.05, 3.63) is 180 Å². The first-order valence-corrected chi connectivity index (χ1v) is 22.8. The summed E-state index contributed by atoms with van der Waals surface area (Å²) in [5, 5.41) is 4.90. The molecule has 8 heteroatoms. The number of benzene rings is 9. The molecule has 0 fully saturated rings. The van der Waals surface area contributed by atoms with Crippen molar-refractivity contribution in [3.63, 3.8) is 0 Å². The molecular weight excluding hydrogens is 810 g/mol. The summed E-state index contributed by atoms with van der Waals surface area (Å²) in [4.78, 5) is 0. The van der Waals surface area contributed by atoms with Crippen molar-refractivity contribution in [3.8, 4) is 57.4 Å². The molecule has 0 aliphatic carbocycles. The van der Waals surface area contributed by atoms with Crippen LogP contribution in [0.15, 0.2) is 158 Å². The molecule has 0 unspecified atom stereocenters. The Balaban J connectivity index is 0.956. The van der Waals surface area contributed by atoms with Crippen LogP contribution in [0.3, 0.4) is 0 Å². The molecule has 11 aromatic rings. The third-order valence-corrected chi connectivity index (χ3v) is 14.8. The van der Waals surface area contributed by atoms with Crippen LogP contribution in [0.2, 0.25) is 0 Å². The van der Waals surface area contributed by atoms with Crippen molar-refractivity contribution in [2.45, 2.75) is 27.7 Å². The molecular formula is C58H38B2N2O4. The Bertz CT molecular complexity index is 3660. The van der Waals surface area contributed by atoms with Crippen LogP contribution in [0.1, 0.15) is 22.3 Å². The zero-order valence-corrected chi connectivity index (χ0v) is 36.7. The molecule has 0 radical (unpaired) electrons. The lowest BCUT2D eigenvalue weighted by atomic mass is 9.31. The molecule has 4 aliphatic rings. The molecule has 2 aromatic heterocycles. The number of ether oxygens (including phenoxy) is 4. The molecule has 0 N–H and O–H groups in total. The standard InChI is InChI=1S/C58H38B2N2O4/c1-31-13-9-17-37-38-18-10-14-32(2)56(38)61(55(31)37)35-25-49-53-51(27-35)65-47-30-48-44(29-43(47)59(53)41-21-5-7-23-45(41)63-49)60-42-22-6-8-24-46(42)64-50-26-36(28-52(66-48)54(50)60)62-57-33(3)15-11-19-39(57)40-20-12-16-34(4)58(40)62/h5-30H,1-4H3. The average Bonchev–Trinajstić information content (AvgIpc) is 3.87. The number of hydrogen-bond donors (Lipinski definition) is 0. The van der Waals surface area contributed by atoms with E-state index >= 15 is 0 Å². The summed E-state index contributed by atoms with van der Waals surface area (Å²) in [7, 11) is 0. The fraction of sp³-hybridized carbons (Fsp3) is 0.0690. The Morgan fingerprint density at radius 3 is 1.00 bits per heavy atom. The second-order valence-corrected chi connectivity index (χ2v) is 18.5. The lowest BCUT2D eigenvalue weighted by Crippen LogP contribution is -2.61. The van der Waals surface area contributed by atoms with E-state index < -0.39 is 0 Å². The first-order chi connectivity index (χ1) is 32.4. The second kappa shape index (κ2) is 12.8. The fourth-order valence-corrected chi connectivity index (χ4v) is 12.1. The van der Waals surface area contributed by atoms with Gasteiger partial charge in [0.15, 0.2) is 0 Å². The lowest BCUT2D eigenvalue weighted by molar-refractivity contribution is 0.451. The normalized spacial score (nSPS) is 13.6. The third-order valence-electron chi connectivity index (χ3n) is 14.8. The Labute approximate surface area is 381 Å². The van der Waals surface area contributed by atoms with Crippen LogP contribution in [0.4, 0.5) is 0 Å². The highest BCUT2D eigenvalue weighted by Crippen LogP contribution is 2.44. The van der Waals surface area contributed by atoms with Crippen molar-refractivity contribution in [1.82, 2.24) is 9.13 Å². The van der Waals surface area contributed by atoms with E-state index in [9.17, 15) is 0 Å². The van der Waals surface area contributed by atoms with Crippen LogP contribution in [0.25, 0.3) is 55.0 Å². The van der Waals surface area contributed by atoms with Gasteiger partial charge in [0.1, 0.15) is 46.0 Å². The Morgan fingerprint density at radius 1 is 0.303 bits per heavy atom. The Hall–Kier alpha value is -8.09.